The molecular formula is C19H15F3N2O3. The van der Waals surface area contributed by atoms with E-state index < -0.39 is 24.5 Å². The zero-order valence-electron chi connectivity index (χ0n) is 13.9. The molecule has 3 rings (SSSR count). The minimum Gasteiger partial charge on any atom is -0.439 e. The third-order valence-corrected chi connectivity index (χ3v) is 3.72. The van der Waals surface area contributed by atoms with Gasteiger partial charge in [0.15, 0.2) is 0 Å². The molecule has 1 aromatic carbocycles. The molecule has 2 aromatic heterocycles. The molecular weight excluding hydrogens is 361 g/mol. The number of rotatable bonds is 5. The van der Waals surface area contributed by atoms with Gasteiger partial charge in [-0.25, -0.2) is 9.97 Å². The van der Waals surface area contributed by atoms with Crippen LogP contribution in [0.15, 0.2) is 60.8 Å². The van der Waals surface area contributed by atoms with Crippen molar-refractivity contribution in [2.75, 3.05) is 6.61 Å². The molecule has 2 heterocycles. The molecule has 0 saturated heterocycles. The summed E-state index contributed by atoms with van der Waals surface area (Å²) in [6, 6.07) is 13.8. The molecule has 0 radical (unpaired) electrons. The SMILES string of the molecule is OC[C@@H](O)c1cccc(-c2ccc(Oc3ccc(C(F)(F)F)cn3)cc2)n1. The largest absolute Gasteiger partial charge is 0.439 e. The summed E-state index contributed by atoms with van der Waals surface area (Å²) in [5.41, 5.74) is 0.847. The molecule has 0 aliphatic rings. The lowest BCUT2D eigenvalue weighted by molar-refractivity contribution is -0.137. The first-order valence-corrected chi connectivity index (χ1v) is 7.94. The lowest BCUT2D eigenvalue weighted by atomic mass is 10.1. The Morgan fingerprint density at radius 3 is 2.33 bits per heavy atom. The van der Waals surface area contributed by atoms with Gasteiger partial charge in [0.25, 0.3) is 0 Å². The Balaban J connectivity index is 1.74. The van der Waals surface area contributed by atoms with Gasteiger partial charge in [0.05, 0.1) is 23.6 Å². The summed E-state index contributed by atoms with van der Waals surface area (Å²) < 4.78 is 43.1. The van der Waals surface area contributed by atoms with Gasteiger partial charge in [-0.05, 0) is 42.5 Å². The number of aliphatic hydroxyl groups is 2. The number of halogens is 3. The van der Waals surface area contributed by atoms with E-state index in [2.05, 4.69) is 9.97 Å². The molecule has 0 aliphatic carbocycles. The zero-order chi connectivity index (χ0) is 19.4. The number of nitrogens with zero attached hydrogens (tertiary/aromatic N) is 2. The van der Waals surface area contributed by atoms with E-state index in [0.717, 1.165) is 17.7 Å². The van der Waals surface area contributed by atoms with Crippen molar-refractivity contribution >= 4 is 0 Å². The predicted octanol–water partition coefficient (Wildman–Crippen LogP) is 3.98. The summed E-state index contributed by atoms with van der Waals surface area (Å²) in [4.78, 5) is 7.95. The Bertz CT molecular complexity index is 897. The fraction of sp³-hybridized carbons (Fsp3) is 0.158. The molecule has 0 bridgehead atoms. The van der Waals surface area contributed by atoms with Crippen molar-refractivity contribution in [1.82, 2.24) is 9.97 Å². The van der Waals surface area contributed by atoms with Crippen LogP contribution in [0.25, 0.3) is 11.3 Å². The van der Waals surface area contributed by atoms with Gasteiger partial charge in [-0.3, -0.25) is 0 Å². The fourth-order valence-corrected chi connectivity index (χ4v) is 2.31. The topological polar surface area (TPSA) is 75.5 Å². The van der Waals surface area contributed by atoms with E-state index in [-0.39, 0.29) is 5.88 Å². The van der Waals surface area contributed by atoms with E-state index in [1.54, 1.807) is 42.5 Å². The minimum atomic E-state index is -4.45. The molecule has 0 saturated carbocycles. The molecule has 3 aromatic rings. The second-order valence-electron chi connectivity index (χ2n) is 5.66. The van der Waals surface area contributed by atoms with Crippen LogP contribution in [0.3, 0.4) is 0 Å². The molecule has 8 heteroatoms. The van der Waals surface area contributed by atoms with Crippen LogP contribution in [0.5, 0.6) is 11.6 Å². The Morgan fingerprint density at radius 1 is 1.00 bits per heavy atom. The number of aliphatic hydroxyl groups excluding tert-OH is 2. The maximum Gasteiger partial charge on any atom is 0.417 e. The van der Waals surface area contributed by atoms with Crippen molar-refractivity contribution < 1.29 is 28.1 Å². The highest BCUT2D eigenvalue weighted by atomic mass is 19.4. The highest BCUT2D eigenvalue weighted by molar-refractivity contribution is 5.60. The van der Waals surface area contributed by atoms with Crippen LogP contribution in [-0.4, -0.2) is 26.8 Å². The average molecular weight is 376 g/mol. The van der Waals surface area contributed by atoms with E-state index in [9.17, 15) is 18.3 Å². The van der Waals surface area contributed by atoms with Crippen molar-refractivity contribution in [2.45, 2.75) is 12.3 Å². The predicted molar refractivity (Wildman–Crippen MR) is 91.0 cm³/mol. The van der Waals surface area contributed by atoms with Crippen LogP contribution in [-0.2, 0) is 6.18 Å². The van der Waals surface area contributed by atoms with Crippen molar-refractivity contribution in [3.63, 3.8) is 0 Å². The summed E-state index contributed by atoms with van der Waals surface area (Å²) >= 11 is 0. The Labute approximate surface area is 152 Å². The van der Waals surface area contributed by atoms with E-state index in [1.165, 1.54) is 0 Å². The normalized spacial score (nSPS) is 12.6. The van der Waals surface area contributed by atoms with Gasteiger partial charge in [0.2, 0.25) is 5.88 Å². The first-order valence-electron chi connectivity index (χ1n) is 7.94. The summed E-state index contributed by atoms with van der Waals surface area (Å²) in [5, 5.41) is 18.7. The van der Waals surface area contributed by atoms with E-state index in [0.29, 0.717) is 23.3 Å². The van der Waals surface area contributed by atoms with Crippen LogP contribution in [0.4, 0.5) is 13.2 Å². The lowest BCUT2D eigenvalue weighted by Gasteiger charge is -2.10. The minimum absolute atomic E-state index is 0.0435. The zero-order valence-corrected chi connectivity index (χ0v) is 13.9. The number of ether oxygens (including phenoxy) is 1. The van der Waals surface area contributed by atoms with Gasteiger partial charge in [-0.2, -0.15) is 13.2 Å². The molecule has 0 unspecified atom stereocenters. The number of alkyl halides is 3. The summed E-state index contributed by atoms with van der Waals surface area (Å²) in [5.74, 6) is 0.444. The maximum atomic E-state index is 12.5. The van der Waals surface area contributed by atoms with Gasteiger partial charge in [-0.1, -0.05) is 6.07 Å². The van der Waals surface area contributed by atoms with E-state index in [1.807, 2.05) is 0 Å². The Kier molecular flexibility index (Phi) is 5.38. The summed E-state index contributed by atoms with van der Waals surface area (Å²) in [6.45, 7) is -0.427. The third kappa shape index (κ3) is 4.60. The molecule has 2 N–H and O–H groups in total. The van der Waals surface area contributed by atoms with Gasteiger partial charge in [0.1, 0.15) is 11.9 Å². The Hall–Kier alpha value is -2.97. The second-order valence-corrected chi connectivity index (χ2v) is 5.66. The second kappa shape index (κ2) is 7.73. The van der Waals surface area contributed by atoms with Crippen LogP contribution in [0.1, 0.15) is 17.4 Å². The summed E-state index contributed by atoms with van der Waals surface area (Å²) in [7, 11) is 0. The van der Waals surface area contributed by atoms with Crippen molar-refractivity contribution in [3.05, 3.63) is 72.1 Å². The highest BCUT2D eigenvalue weighted by Gasteiger charge is 2.30. The molecule has 0 aliphatic heterocycles. The fourth-order valence-electron chi connectivity index (χ4n) is 2.31. The van der Waals surface area contributed by atoms with Crippen LogP contribution in [0.2, 0.25) is 0 Å². The van der Waals surface area contributed by atoms with E-state index in [4.69, 9.17) is 9.84 Å². The molecule has 140 valence electrons. The van der Waals surface area contributed by atoms with Gasteiger partial charge in [-0.15, -0.1) is 0 Å². The molecule has 0 amide bonds. The highest BCUT2D eigenvalue weighted by Crippen LogP contribution is 2.30. The first kappa shape index (κ1) is 18.8. The number of hydrogen-bond donors (Lipinski definition) is 2. The average Bonchev–Trinajstić information content (AvgIpc) is 2.68. The smallest absolute Gasteiger partial charge is 0.417 e. The van der Waals surface area contributed by atoms with Crippen molar-refractivity contribution in [2.24, 2.45) is 0 Å². The molecule has 27 heavy (non-hydrogen) atoms. The summed E-state index contributed by atoms with van der Waals surface area (Å²) in [6.07, 6.45) is -4.79. The van der Waals surface area contributed by atoms with Gasteiger partial charge < -0.3 is 14.9 Å². The Morgan fingerprint density at radius 2 is 1.74 bits per heavy atom. The lowest BCUT2D eigenvalue weighted by Crippen LogP contribution is -2.05. The maximum absolute atomic E-state index is 12.5. The standard InChI is InChI=1S/C19H15F3N2O3/c20-19(21,22)13-6-9-18(23-10-13)27-14-7-4-12(5-8-14)15-2-1-3-16(24-15)17(26)11-25/h1-10,17,25-26H,11H2/t17-/m1/s1. The first-order chi connectivity index (χ1) is 12.9. The van der Waals surface area contributed by atoms with Gasteiger partial charge in [0, 0.05) is 17.8 Å². The third-order valence-electron chi connectivity index (χ3n) is 3.72. The number of hydrogen-bond acceptors (Lipinski definition) is 5. The number of aromatic nitrogens is 2. The number of benzene rings is 1. The van der Waals surface area contributed by atoms with Crippen LogP contribution in [0, 0.1) is 0 Å². The van der Waals surface area contributed by atoms with Crippen molar-refractivity contribution in [3.8, 4) is 22.9 Å². The quantitative estimate of drug-likeness (QED) is 0.705. The molecule has 0 spiro atoms. The van der Waals surface area contributed by atoms with Crippen molar-refractivity contribution in [1.29, 1.82) is 0 Å². The molecule has 0 fully saturated rings. The van der Waals surface area contributed by atoms with Crippen LogP contribution >= 0.6 is 0 Å². The monoisotopic (exact) mass is 376 g/mol. The van der Waals surface area contributed by atoms with E-state index >= 15 is 0 Å². The number of pyridine rings is 2. The van der Waals surface area contributed by atoms with Gasteiger partial charge >= 0.3 is 6.18 Å². The molecule has 1 atom stereocenters. The van der Waals surface area contributed by atoms with Crippen LogP contribution < -0.4 is 4.74 Å². The molecule has 5 nitrogen and oxygen atoms in total.